The molecule has 0 fully saturated rings. The van der Waals surface area contributed by atoms with E-state index in [0.29, 0.717) is 28.9 Å². The lowest BCUT2D eigenvalue weighted by Crippen LogP contribution is -2.16. The second-order valence-electron chi connectivity index (χ2n) is 6.19. The number of nitrogens with one attached hydrogen (secondary N) is 2. The molecule has 0 radical (unpaired) electrons. The highest BCUT2D eigenvalue weighted by molar-refractivity contribution is 6.04. The fourth-order valence-corrected chi connectivity index (χ4v) is 1.95. The minimum atomic E-state index is -0.273. The average molecular weight is 328 g/mol. The van der Waals surface area contributed by atoms with E-state index in [9.17, 15) is 4.79 Å². The molecule has 0 saturated carbocycles. The molecule has 0 aliphatic heterocycles. The van der Waals surface area contributed by atoms with E-state index < -0.39 is 0 Å². The number of ether oxygens (including phenoxy) is 1. The smallest absolute Gasteiger partial charge is 0.258 e. The van der Waals surface area contributed by atoms with Crippen molar-refractivity contribution in [2.75, 3.05) is 17.2 Å². The van der Waals surface area contributed by atoms with E-state index >= 15 is 0 Å². The van der Waals surface area contributed by atoms with Crippen molar-refractivity contribution in [1.29, 1.82) is 0 Å². The molecule has 2 rings (SSSR count). The van der Waals surface area contributed by atoms with Crippen molar-refractivity contribution in [3.8, 4) is 5.75 Å². The Hall–Kier alpha value is -2.63. The van der Waals surface area contributed by atoms with Crippen LogP contribution >= 0.6 is 0 Å². The molecule has 128 valence electrons. The van der Waals surface area contributed by atoms with E-state index in [0.717, 1.165) is 6.54 Å². The van der Waals surface area contributed by atoms with Crippen molar-refractivity contribution in [3.63, 3.8) is 0 Å². The Morgan fingerprint density at radius 1 is 1.12 bits per heavy atom. The van der Waals surface area contributed by atoms with Gasteiger partial charge in [-0.05, 0) is 31.9 Å². The summed E-state index contributed by atoms with van der Waals surface area (Å²) >= 11 is 0. The minimum Gasteiger partial charge on any atom is -0.489 e. The predicted molar refractivity (Wildman–Crippen MR) is 95.5 cm³/mol. The van der Waals surface area contributed by atoms with Gasteiger partial charge in [-0.15, -0.1) is 0 Å². The molecule has 2 aromatic rings. The van der Waals surface area contributed by atoms with Crippen LogP contribution in [0.4, 0.5) is 11.6 Å². The van der Waals surface area contributed by atoms with Crippen LogP contribution < -0.4 is 15.4 Å². The second-order valence-corrected chi connectivity index (χ2v) is 6.19. The molecule has 0 aliphatic carbocycles. The number of aromatic nitrogens is 2. The van der Waals surface area contributed by atoms with Gasteiger partial charge in [0.15, 0.2) is 0 Å². The topological polar surface area (TPSA) is 76.1 Å². The Kier molecular flexibility index (Phi) is 6.12. The highest BCUT2D eigenvalue weighted by Gasteiger charge is 2.11. The third kappa shape index (κ3) is 5.22. The van der Waals surface area contributed by atoms with Crippen LogP contribution in [0.5, 0.6) is 5.75 Å². The molecule has 0 aliphatic rings. The zero-order valence-corrected chi connectivity index (χ0v) is 14.5. The van der Waals surface area contributed by atoms with Gasteiger partial charge in [-0.3, -0.25) is 4.79 Å². The summed E-state index contributed by atoms with van der Waals surface area (Å²) in [6.45, 7) is 8.87. The van der Waals surface area contributed by atoms with Crippen LogP contribution in [0.3, 0.4) is 0 Å². The molecule has 0 unspecified atom stereocenters. The van der Waals surface area contributed by atoms with Gasteiger partial charge in [0.25, 0.3) is 5.91 Å². The lowest BCUT2D eigenvalue weighted by Gasteiger charge is -2.14. The summed E-state index contributed by atoms with van der Waals surface area (Å²) in [6.07, 6.45) is 3.05. The fourth-order valence-electron chi connectivity index (χ4n) is 1.95. The van der Waals surface area contributed by atoms with Crippen LogP contribution in [-0.2, 0) is 0 Å². The molecule has 0 atom stereocenters. The van der Waals surface area contributed by atoms with Gasteiger partial charge in [-0.2, -0.15) is 0 Å². The lowest BCUT2D eigenvalue weighted by molar-refractivity contribution is 0.102. The molecule has 6 heteroatoms. The number of hydrogen-bond donors (Lipinski definition) is 2. The summed E-state index contributed by atoms with van der Waals surface area (Å²) in [5.74, 6) is 1.38. The summed E-state index contributed by atoms with van der Waals surface area (Å²) in [6, 6.07) is 7.34. The molecule has 1 aromatic heterocycles. The molecule has 24 heavy (non-hydrogen) atoms. The summed E-state index contributed by atoms with van der Waals surface area (Å²) in [7, 11) is 0. The number of carbonyl (C=O) groups excluding carboxylic acids is 1. The van der Waals surface area contributed by atoms with Crippen LogP contribution in [0.1, 0.15) is 38.1 Å². The fraction of sp³-hybridized carbons (Fsp3) is 0.389. The van der Waals surface area contributed by atoms with Gasteiger partial charge < -0.3 is 15.4 Å². The van der Waals surface area contributed by atoms with E-state index in [1.165, 1.54) is 12.4 Å². The van der Waals surface area contributed by atoms with Gasteiger partial charge in [0.05, 0.1) is 17.4 Å². The van der Waals surface area contributed by atoms with Crippen molar-refractivity contribution >= 4 is 17.5 Å². The van der Waals surface area contributed by atoms with Crippen molar-refractivity contribution < 1.29 is 9.53 Å². The van der Waals surface area contributed by atoms with Crippen molar-refractivity contribution in [2.45, 2.75) is 33.8 Å². The van der Waals surface area contributed by atoms with E-state index in [2.05, 4.69) is 34.4 Å². The predicted octanol–water partition coefficient (Wildman–Crippen LogP) is 3.58. The van der Waals surface area contributed by atoms with Crippen molar-refractivity contribution in [3.05, 3.63) is 42.2 Å². The van der Waals surface area contributed by atoms with Crippen LogP contribution in [0.15, 0.2) is 36.7 Å². The molecule has 2 N–H and O–H groups in total. The maximum atomic E-state index is 12.4. The Labute approximate surface area is 142 Å². The molecular weight excluding hydrogens is 304 g/mol. The molecule has 0 bridgehead atoms. The summed E-state index contributed by atoms with van der Waals surface area (Å²) in [5, 5.41) is 5.95. The number of para-hydroxylation sites is 2. The summed E-state index contributed by atoms with van der Waals surface area (Å²) < 4.78 is 5.70. The quantitative estimate of drug-likeness (QED) is 0.812. The van der Waals surface area contributed by atoms with Gasteiger partial charge in [0.2, 0.25) is 5.95 Å². The second kappa shape index (κ2) is 8.29. The zero-order valence-electron chi connectivity index (χ0n) is 14.5. The van der Waals surface area contributed by atoms with Gasteiger partial charge in [0.1, 0.15) is 5.75 Å². The summed E-state index contributed by atoms with van der Waals surface area (Å²) in [4.78, 5) is 20.7. The number of anilines is 2. The van der Waals surface area contributed by atoms with Gasteiger partial charge >= 0.3 is 0 Å². The number of carbonyl (C=O) groups is 1. The first-order chi connectivity index (χ1) is 11.5. The van der Waals surface area contributed by atoms with E-state index in [-0.39, 0.29) is 12.0 Å². The first-order valence-corrected chi connectivity index (χ1v) is 8.08. The van der Waals surface area contributed by atoms with Gasteiger partial charge in [-0.25, -0.2) is 9.97 Å². The van der Waals surface area contributed by atoms with Crippen LogP contribution in [0.2, 0.25) is 0 Å². The molecule has 0 saturated heterocycles. The summed E-state index contributed by atoms with van der Waals surface area (Å²) in [5.41, 5.74) is 1.02. The maximum absolute atomic E-state index is 12.4. The molecule has 6 nitrogen and oxygen atoms in total. The number of nitrogens with zero attached hydrogens (tertiary/aromatic N) is 2. The number of benzene rings is 1. The highest BCUT2D eigenvalue weighted by atomic mass is 16.5. The van der Waals surface area contributed by atoms with E-state index in [4.69, 9.17) is 4.74 Å². The third-order valence-electron chi connectivity index (χ3n) is 3.08. The number of hydrogen-bond acceptors (Lipinski definition) is 5. The average Bonchev–Trinajstić information content (AvgIpc) is 2.54. The first-order valence-electron chi connectivity index (χ1n) is 8.08. The SMILES string of the molecule is CC(C)CNc1ncc(C(=O)Nc2ccccc2OC(C)C)cn1. The maximum Gasteiger partial charge on any atom is 0.258 e. The molecule has 1 amide bonds. The van der Waals surface area contributed by atoms with Crippen molar-refractivity contribution in [1.82, 2.24) is 9.97 Å². The highest BCUT2D eigenvalue weighted by Crippen LogP contribution is 2.25. The van der Waals surface area contributed by atoms with Crippen LogP contribution in [-0.4, -0.2) is 28.5 Å². The third-order valence-corrected chi connectivity index (χ3v) is 3.08. The molecular formula is C18H24N4O2. The first kappa shape index (κ1) is 17.7. The minimum absolute atomic E-state index is 0.0256. The number of rotatable bonds is 7. The van der Waals surface area contributed by atoms with E-state index in [1.807, 2.05) is 32.0 Å². The molecule has 1 heterocycles. The zero-order chi connectivity index (χ0) is 17.5. The van der Waals surface area contributed by atoms with Crippen LogP contribution in [0, 0.1) is 5.92 Å². The number of amides is 1. The van der Waals surface area contributed by atoms with Crippen LogP contribution in [0.25, 0.3) is 0 Å². The Morgan fingerprint density at radius 3 is 2.42 bits per heavy atom. The van der Waals surface area contributed by atoms with E-state index in [1.54, 1.807) is 6.07 Å². The normalized spacial score (nSPS) is 10.8. The van der Waals surface area contributed by atoms with Gasteiger partial charge in [-0.1, -0.05) is 26.0 Å². The largest absolute Gasteiger partial charge is 0.489 e. The standard InChI is InChI=1S/C18H24N4O2/c1-12(2)9-19-18-20-10-14(11-21-18)17(23)22-15-7-5-6-8-16(15)24-13(3)4/h5-8,10-13H,9H2,1-4H3,(H,22,23)(H,19,20,21). The Balaban J connectivity index is 2.05. The molecule has 1 aromatic carbocycles. The molecule has 0 spiro atoms. The van der Waals surface area contributed by atoms with Crippen molar-refractivity contribution in [2.24, 2.45) is 5.92 Å². The monoisotopic (exact) mass is 328 g/mol. The Morgan fingerprint density at radius 2 is 1.79 bits per heavy atom. The Bertz CT molecular complexity index is 669. The van der Waals surface area contributed by atoms with Gasteiger partial charge in [0, 0.05) is 18.9 Å². The lowest BCUT2D eigenvalue weighted by atomic mass is 10.2.